The van der Waals surface area contributed by atoms with Crippen molar-refractivity contribution in [2.75, 3.05) is 6.79 Å². The monoisotopic (exact) mass is 389 g/mol. The first kappa shape index (κ1) is 17.3. The van der Waals surface area contributed by atoms with E-state index in [0.29, 0.717) is 28.9 Å². The van der Waals surface area contributed by atoms with Crippen LogP contribution in [0.3, 0.4) is 0 Å². The van der Waals surface area contributed by atoms with Gasteiger partial charge in [-0.25, -0.2) is 0 Å². The topological polar surface area (TPSA) is 104 Å². The molecule has 0 radical (unpaired) electrons. The van der Waals surface area contributed by atoms with Crippen molar-refractivity contribution in [3.8, 4) is 11.5 Å². The standard InChI is InChI=1S/C17H16ClN5O4/c1-9-15(18)10(2)23(21-9)7-14-20-17(27-22-14)16(24)19-6-11-3-4-12-13(5-11)26-8-25-12/h3-5H,6-8H2,1-2H3,(H,19,24). The average molecular weight is 390 g/mol. The number of aryl methyl sites for hydroxylation is 1. The number of halogens is 1. The Bertz CT molecular complexity index is 1010. The Labute approximate surface area is 159 Å². The summed E-state index contributed by atoms with van der Waals surface area (Å²) in [5, 5.41) is 11.5. The maximum absolute atomic E-state index is 12.2. The van der Waals surface area contributed by atoms with Gasteiger partial charge in [-0.2, -0.15) is 10.1 Å². The molecule has 0 saturated heterocycles. The van der Waals surface area contributed by atoms with Crippen LogP contribution in [0, 0.1) is 13.8 Å². The maximum atomic E-state index is 12.2. The Morgan fingerprint density at radius 1 is 1.30 bits per heavy atom. The highest BCUT2D eigenvalue weighted by Crippen LogP contribution is 2.32. The van der Waals surface area contributed by atoms with Gasteiger partial charge in [0, 0.05) is 6.54 Å². The zero-order chi connectivity index (χ0) is 19.0. The number of hydrogen-bond donors (Lipinski definition) is 1. The lowest BCUT2D eigenvalue weighted by Gasteiger charge is -2.03. The van der Waals surface area contributed by atoms with Crippen molar-refractivity contribution in [1.82, 2.24) is 25.2 Å². The van der Waals surface area contributed by atoms with Gasteiger partial charge in [0.25, 0.3) is 0 Å². The third-order valence-electron chi connectivity index (χ3n) is 4.14. The van der Waals surface area contributed by atoms with Crippen molar-refractivity contribution in [3.63, 3.8) is 0 Å². The molecule has 0 spiro atoms. The lowest BCUT2D eigenvalue weighted by molar-refractivity contribution is 0.0907. The summed E-state index contributed by atoms with van der Waals surface area (Å²) in [6, 6.07) is 5.46. The Morgan fingerprint density at radius 3 is 2.89 bits per heavy atom. The minimum atomic E-state index is -0.460. The Morgan fingerprint density at radius 2 is 2.11 bits per heavy atom. The summed E-state index contributed by atoms with van der Waals surface area (Å²) in [7, 11) is 0. The number of ether oxygens (including phenoxy) is 2. The molecule has 2 aromatic heterocycles. The minimum absolute atomic E-state index is 0.113. The lowest BCUT2D eigenvalue weighted by Crippen LogP contribution is -2.23. The van der Waals surface area contributed by atoms with E-state index in [0.717, 1.165) is 17.0 Å². The minimum Gasteiger partial charge on any atom is -0.454 e. The fourth-order valence-corrected chi connectivity index (χ4v) is 2.82. The van der Waals surface area contributed by atoms with Crippen molar-refractivity contribution in [2.45, 2.75) is 26.9 Å². The van der Waals surface area contributed by atoms with E-state index in [9.17, 15) is 4.79 Å². The fourth-order valence-electron chi connectivity index (χ4n) is 2.68. The van der Waals surface area contributed by atoms with Gasteiger partial charge in [-0.15, -0.1) is 0 Å². The first-order valence-electron chi connectivity index (χ1n) is 8.20. The smallest absolute Gasteiger partial charge is 0.316 e. The molecular weight excluding hydrogens is 374 g/mol. The number of carbonyl (C=O) groups excluding carboxylic acids is 1. The fraction of sp³-hybridized carbons (Fsp3) is 0.294. The molecule has 10 heteroatoms. The molecule has 3 heterocycles. The van der Waals surface area contributed by atoms with E-state index >= 15 is 0 Å². The highest BCUT2D eigenvalue weighted by molar-refractivity contribution is 6.31. The molecule has 4 rings (SSSR count). The molecule has 9 nitrogen and oxygen atoms in total. The van der Waals surface area contributed by atoms with E-state index in [1.165, 1.54) is 0 Å². The summed E-state index contributed by atoms with van der Waals surface area (Å²) >= 11 is 6.13. The van der Waals surface area contributed by atoms with Gasteiger partial charge in [-0.1, -0.05) is 22.8 Å². The molecule has 0 unspecified atom stereocenters. The molecule has 1 amide bonds. The second-order valence-electron chi connectivity index (χ2n) is 6.03. The number of amides is 1. The quantitative estimate of drug-likeness (QED) is 0.713. The van der Waals surface area contributed by atoms with Crippen LogP contribution in [0.1, 0.15) is 33.5 Å². The largest absolute Gasteiger partial charge is 0.454 e. The maximum Gasteiger partial charge on any atom is 0.316 e. The number of aromatic nitrogens is 4. The van der Waals surface area contributed by atoms with Crippen LogP contribution >= 0.6 is 11.6 Å². The first-order chi connectivity index (χ1) is 13.0. The predicted molar refractivity (Wildman–Crippen MR) is 93.8 cm³/mol. The molecule has 140 valence electrons. The Balaban J connectivity index is 1.39. The first-order valence-corrected chi connectivity index (χ1v) is 8.58. The molecule has 0 bridgehead atoms. The molecule has 1 aliphatic heterocycles. The van der Waals surface area contributed by atoms with Crippen LogP contribution in [0.25, 0.3) is 0 Å². The van der Waals surface area contributed by atoms with E-state index in [1.54, 1.807) is 10.7 Å². The molecule has 1 N–H and O–H groups in total. The summed E-state index contributed by atoms with van der Waals surface area (Å²) in [5.74, 6) is 1.11. The molecule has 27 heavy (non-hydrogen) atoms. The van der Waals surface area contributed by atoms with E-state index in [4.69, 9.17) is 25.6 Å². The SMILES string of the molecule is Cc1nn(Cc2noc(C(=O)NCc3ccc4c(c3)OCO4)n2)c(C)c1Cl. The van der Waals surface area contributed by atoms with Gasteiger partial charge >= 0.3 is 11.8 Å². The average Bonchev–Trinajstić information content (AvgIpc) is 3.37. The summed E-state index contributed by atoms with van der Waals surface area (Å²) in [5.41, 5.74) is 2.39. The summed E-state index contributed by atoms with van der Waals surface area (Å²) in [6.07, 6.45) is 0. The van der Waals surface area contributed by atoms with Gasteiger partial charge in [-0.05, 0) is 31.5 Å². The van der Waals surface area contributed by atoms with E-state index in [1.807, 2.05) is 26.0 Å². The van der Waals surface area contributed by atoms with Crippen LogP contribution in [0.15, 0.2) is 22.7 Å². The predicted octanol–water partition coefficient (Wildman–Crippen LogP) is 2.24. The van der Waals surface area contributed by atoms with Gasteiger partial charge in [0.05, 0.1) is 16.4 Å². The lowest BCUT2D eigenvalue weighted by atomic mass is 10.2. The number of nitrogens with one attached hydrogen (secondary N) is 1. The molecule has 1 aromatic carbocycles. The van der Waals surface area contributed by atoms with Crippen molar-refractivity contribution >= 4 is 17.5 Å². The molecule has 0 fully saturated rings. The third-order valence-corrected chi connectivity index (χ3v) is 4.68. The van der Waals surface area contributed by atoms with E-state index in [2.05, 4.69) is 20.6 Å². The van der Waals surface area contributed by atoms with Crippen LogP contribution in [0.4, 0.5) is 0 Å². The number of fused-ring (bicyclic) bond motifs is 1. The van der Waals surface area contributed by atoms with Gasteiger partial charge in [0.1, 0.15) is 6.54 Å². The Hall–Kier alpha value is -3.07. The Kier molecular flexibility index (Phi) is 4.44. The van der Waals surface area contributed by atoms with Crippen LogP contribution in [0.5, 0.6) is 11.5 Å². The van der Waals surface area contributed by atoms with Crippen molar-refractivity contribution in [3.05, 3.63) is 51.9 Å². The number of hydrogen-bond acceptors (Lipinski definition) is 7. The normalized spacial score (nSPS) is 12.4. The molecule has 1 aliphatic rings. The summed E-state index contributed by atoms with van der Waals surface area (Å²) in [6.45, 7) is 4.42. The van der Waals surface area contributed by atoms with E-state index < -0.39 is 5.91 Å². The zero-order valence-electron chi connectivity index (χ0n) is 14.7. The van der Waals surface area contributed by atoms with Gasteiger partial charge in [-0.3, -0.25) is 9.48 Å². The number of benzene rings is 1. The summed E-state index contributed by atoms with van der Waals surface area (Å²) in [4.78, 5) is 16.4. The van der Waals surface area contributed by atoms with Crippen LogP contribution in [0.2, 0.25) is 5.02 Å². The molecular formula is C17H16ClN5O4. The molecule has 3 aromatic rings. The zero-order valence-corrected chi connectivity index (χ0v) is 15.4. The second kappa shape index (κ2) is 6.92. The van der Waals surface area contributed by atoms with E-state index in [-0.39, 0.29) is 19.2 Å². The highest BCUT2D eigenvalue weighted by Gasteiger charge is 2.18. The van der Waals surface area contributed by atoms with Crippen LogP contribution in [-0.2, 0) is 13.1 Å². The third kappa shape index (κ3) is 3.45. The molecule has 0 saturated carbocycles. The second-order valence-corrected chi connectivity index (χ2v) is 6.41. The molecule has 0 aliphatic carbocycles. The van der Waals surface area contributed by atoms with Gasteiger partial charge in [0.15, 0.2) is 17.3 Å². The van der Waals surface area contributed by atoms with Crippen LogP contribution < -0.4 is 14.8 Å². The number of nitrogens with zero attached hydrogens (tertiary/aromatic N) is 4. The molecule has 0 atom stereocenters. The highest BCUT2D eigenvalue weighted by atomic mass is 35.5. The van der Waals surface area contributed by atoms with Crippen molar-refractivity contribution in [2.24, 2.45) is 0 Å². The van der Waals surface area contributed by atoms with Crippen LogP contribution in [-0.4, -0.2) is 32.6 Å². The van der Waals surface area contributed by atoms with Crippen molar-refractivity contribution in [1.29, 1.82) is 0 Å². The number of carbonyl (C=O) groups is 1. The van der Waals surface area contributed by atoms with Gasteiger partial charge in [0.2, 0.25) is 6.79 Å². The van der Waals surface area contributed by atoms with Crippen molar-refractivity contribution < 1.29 is 18.8 Å². The number of rotatable bonds is 5. The van der Waals surface area contributed by atoms with Gasteiger partial charge < -0.3 is 19.3 Å². The summed E-state index contributed by atoms with van der Waals surface area (Å²) < 4.78 is 17.3.